The molecule has 0 aliphatic carbocycles. The van der Waals surface area contributed by atoms with Crippen molar-refractivity contribution in [1.82, 2.24) is 0 Å². The van der Waals surface area contributed by atoms with Gasteiger partial charge in [0.15, 0.2) is 6.04 Å². The van der Waals surface area contributed by atoms with Gasteiger partial charge in [-0.1, -0.05) is 193 Å². The van der Waals surface area contributed by atoms with Crippen LogP contribution in [0.3, 0.4) is 0 Å². The minimum Gasteiger partial charge on any atom is -0.493 e. The Kier molecular flexibility index (Phi) is 26.3. The average Bonchev–Trinajstić information content (AvgIpc) is 3.48. The van der Waals surface area contributed by atoms with E-state index in [-0.39, 0.29) is 5.90 Å². The minimum atomic E-state index is -0.727. The molecule has 1 heterocycles. The number of thiocarbonyl (C=S) groups is 1. The van der Waals surface area contributed by atoms with Crippen molar-refractivity contribution in [2.24, 2.45) is 4.99 Å². The molecule has 0 fully saturated rings. The molecule has 1 aliphatic rings. The third-order valence-electron chi connectivity index (χ3n) is 9.48. The van der Waals surface area contributed by atoms with E-state index in [1.54, 1.807) is 0 Å². The third-order valence-corrected chi connectivity index (χ3v) is 9.74. The van der Waals surface area contributed by atoms with E-state index >= 15 is 0 Å². The van der Waals surface area contributed by atoms with Crippen LogP contribution in [0.1, 0.15) is 199 Å². The van der Waals surface area contributed by atoms with E-state index in [4.69, 9.17) is 26.4 Å². The summed E-state index contributed by atoms with van der Waals surface area (Å²) in [5, 5.41) is 1.35. The summed E-state index contributed by atoms with van der Waals surface area (Å²) in [7, 11) is 0. The number of ether oxygens (including phenoxy) is 3. The number of benzene rings is 1. The average molecular weight is 686 g/mol. The fourth-order valence-electron chi connectivity index (χ4n) is 6.42. The van der Waals surface area contributed by atoms with Crippen LogP contribution in [-0.4, -0.2) is 36.5 Å². The Morgan fingerprint density at radius 1 is 0.562 bits per heavy atom. The number of unbranched alkanes of at least 4 members (excludes halogenated alkanes) is 26. The fraction of sp³-hybridized carbons (Fsp3) is 0.786. The van der Waals surface area contributed by atoms with Gasteiger partial charge >= 0.3 is 5.97 Å². The predicted octanol–water partition coefficient (Wildman–Crippen LogP) is 13.1. The van der Waals surface area contributed by atoms with Gasteiger partial charge in [0.05, 0.1) is 13.2 Å². The SMILES string of the molecule is CCCCCCCCCCCCCCCCOc1cc(OCCCCCCCCCCCCCCCC)cc(C2=NC(C=S)C(=O)O2)c1. The molecule has 5 nitrogen and oxygen atoms in total. The zero-order valence-corrected chi connectivity index (χ0v) is 31.9. The molecule has 1 atom stereocenters. The standard InChI is InChI=1S/C42H71NO4S/c1-3-5-7-9-11-13-15-17-19-21-23-25-27-29-31-45-38-33-37(41-43-40(36-48)42(44)47-41)34-39(35-38)46-32-30-28-26-24-22-20-18-16-14-12-10-8-6-4-2/h33-36,40H,3-32H2,1-2H3. The Morgan fingerprint density at radius 3 is 1.21 bits per heavy atom. The van der Waals surface area contributed by atoms with Crippen LogP contribution in [0, 0.1) is 0 Å². The van der Waals surface area contributed by atoms with Crippen molar-refractivity contribution in [2.45, 2.75) is 200 Å². The highest BCUT2D eigenvalue weighted by Gasteiger charge is 2.28. The van der Waals surface area contributed by atoms with Gasteiger partial charge in [0.1, 0.15) is 11.5 Å². The van der Waals surface area contributed by atoms with E-state index in [1.165, 1.54) is 172 Å². The minimum absolute atomic E-state index is 0.286. The van der Waals surface area contributed by atoms with Crippen molar-refractivity contribution in [3.8, 4) is 11.5 Å². The molecule has 1 aromatic rings. The highest BCUT2D eigenvalue weighted by molar-refractivity contribution is 7.79. The Morgan fingerprint density at radius 2 is 0.896 bits per heavy atom. The van der Waals surface area contributed by atoms with Gasteiger partial charge in [-0.3, -0.25) is 0 Å². The number of esters is 1. The molecule has 0 radical (unpaired) electrons. The quantitative estimate of drug-likeness (QED) is 0.0410. The van der Waals surface area contributed by atoms with E-state index in [1.807, 2.05) is 18.2 Å². The number of carbonyl (C=O) groups excluding carboxylic acids is 1. The Labute approximate surface area is 300 Å². The largest absolute Gasteiger partial charge is 0.493 e. The lowest BCUT2D eigenvalue weighted by atomic mass is 10.0. The molecule has 0 spiro atoms. The first-order chi connectivity index (χ1) is 23.7. The van der Waals surface area contributed by atoms with Gasteiger partial charge in [-0.25, -0.2) is 9.79 Å². The number of cyclic esters (lactones) is 1. The van der Waals surface area contributed by atoms with E-state index in [2.05, 4.69) is 18.8 Å². The molecule has 1 aliphatic heterocycles. The first-order valence-electron chi connectivity index (χ1n) is 20.3. The van der Waals surface area contributed by atoms with Crippen molar-refractivity contribution in [2.75, 3.05) is 13.2 Å². The maximum atomic E-state index is 12.1. The number of nitrogens with zero attached hydrogens (tertiary/aromatic N) is 1. The van der Waals surface area contributed by atoms with Crippen molar-refractivity contribution >= 4 is 29.5 Å². The van der Waals surface area contributed by atoms with Gasteiger partial charge in [0.25, 0.3) is 0 Å². The van der Waals surface area contributed by atoms with Crippen molar-refractivity contribution < 1.29 is 19.0 Å². The zero-order valence-electron chi connectivity index (χ0n) is 31.1. The number of hydrogen-bond donors (Lipinski definition) is 0. The summed E-state index contributed by atoms with van der Waals surface area (Å²) < 4.78 is 17.7. The Hall–Kier alpha value is -1.95. The smallest absolute Gasteiger partial charge is 0.342 e. The van der Waals surface area contributed by atoms with Gasteiger partial charge in [-0.05, 0) is 25.0 Å². The highest BCUT2D eigenvalue weighted by Crippen LogP contribution is 2.26. The topological polar surface area (TPSA) is 57.1 Å². The second kappa shape index (κ2) is 29.9. The predicted molar refractivity (Wildman–Crippen MR) is 208 cm³/mol. The molecular weight excluding hydrogens is 615 g/mol. The van der Waals surface area contributed by atoms with Crippen LogP contribution in [0.2, 0.25) is 0 Å². The normalized spacial score (nSPS) is 14.2. The molecule has 0 bridgehead atoms. The van der Waals surface area contributed by atoms with Gasteiger partial charge in [-0.2, -0.15) is 0 Å². The van der Waals surface area contributed by atoms with E-state index in [0.717, 1.165) is 24.3 Å². The molecule has 1 aromatic carbocycles. The van der Waals surface area contributed by atoms with Crippen LogP contribution < -0.4 is 9.47 Å². The third kappa shape index (κ3) is 21.2. The first-order valence-corrected chi connectivity index (χ1v) is 20.8. The van der Waals surface area contributed by atoms with Crippen molar-refractivity contribution in [1.29, 1.82) is 0 Å². The summed E-state index contributed by atoms with van der Waals surface area (Å²) in [5.74, 6) is 1.30. The lowest BCUT2D eigenvalue weighted by Gasteiger charge is -2.12. The fourth-order valence-corrected chi connectivity index (χ4v) is 6.59. The van der Waals surface area contributed by atoms with Gasteiger partial charge in [0, 0.05) is 17.0 Å². The van der Waals surface area contributed by atoms with Crippen LogP contribution in [0.4, 0.5) is 0 Å². The summed E-state index contributed by atoms with van der Waals surface area (Å²) in [6.07, 6.45) is 37.4. The lowest BCUT2D eigenvalue weighted by molar-refractivity contribution is -0.133. The highest BCUT2D eigenvalue weighted by atomic mass is 32.1. The van der Waals surface area contributed by atoms with E-state index in [0.29, 0.717) is 18.8 Å². The maximum Gasteiger partial charge on any atom is 0.342 e. The Bertz CT molecular complexity index is 928. The van der Waals surface area contributed by atoms with Crippen molar-refractivity contribution in [3.63, 3.8) is 0 Å². The van der Waals surface area contributed by atoms with Crippen molar-refractivity contribution in [3.05, 3.63) is 23.8 Å². The van der Waals surface area contributed by atoms with Crippen LogP contribution in [0.25, 0.3) is 0 Å². The maximum absolute atomic E-state index is 12.1. The molecule has 2 rings (SSSR count). The molecule has 48 heavy (non-hydrogen) atoms. The summed E-state index contributed by atoms with van der Waals surface area (Å²) in [4.78, 5) is 16.5. The number of aliphatic imine (C=N–C) groups is 1. The van der Waals surface area contributed by atoms with Gasteiger partial charge < -0.3 is 14.2 Å². The molecule has 0 saturated heterocycles. The molecule has 0 N–H and O–H groups in total. The summed E-state index contributed by atoms with van der Waals surface area (Å²) in [6, 6.07) is 5.00. The number of rotatable bonds is 34. The lowest BCUT2D eigenvalue weighted by Crippen LogP contribution is -2.15. The van der Waals surface area contributed by atoms with Crippen LogP contribution in [0.5, 0.6) is 11.5 Å². The second-order valence-electron chi connectivity index (χ2n) is 14.0. The molecular formula is C42H71NO4S. The zero-order chi connectivity index (χ0) is 34.3. The monoisotopic (exact) mass is 686 g/mol. The molecule has 1 unspecified atom stereocenters. The van der Waals surface area contributed by atoms with Crippen LogP contribution in [0.15, 0.2) is 23.2 Å². The van der Waals surface area contributed by atoms with Crippen LogP contribution >= 0.6 is 12.2 Å². The summed E-state index contributed by atoms with van der Waals surface area (Å²) in [6.45, 7) is 5.89. The van der Waals surface area contributed by atoms with Gasteiger partial charge in [-0.15, -0.1) is 0 Å². The molecule has 6 heteroatoms. The molecule has 0 amide bonds. The molecule has 0 saturated carbocycles. The van der Waals surface area contributed by atoms with E-state index < -0.39 is 12.0 Å². The number of carbonyl (C=O) groups is 1. The molecule has 274 valence electrons. The van der Waals surface area contributed by atoms with Gasteiger partial charge in [0.2, 0.25) is 5.90 Å². The molecule has 0 aromatic heterocycles. The summed E-state index contributed by atoms with van der Waals surface area (Å²) in [5.41, 5.74) is 0.692. The summed E-state index contributed by atoms with van der Waals surface area (Å²) >= 11 is 4.96. The Balaban J connectivity index is 1.62. The second-order valence-corrected chi connectivity index (χ2v) is 14.3. The first kappa shape index (κ1) is 42.2. The van der Waals surface area contributed by atoms with E-state index in [9.17, 15) is 4.79 Å². The van der Waals surface area contributed by atoms with Crippen LogP contribution in [-0.2, 0) is 9.53 Å². The number of hydrogen-bond acceptors (Lipinski definition) is 6.